The van der Waals surface area contributed by atoms with Crippen molar-refractivity contribution in [2.75, 3.05) is 18.1 Å². The van der Waals surface area contributed by atoms with E-state index >= 15 is 0 Å². The Morgan fingerprint density at radius 2 is 1.75 bits per heavy atom. The van der Waals surface area contributed by atoms with Gasteiger partial charge in [-0.15, -0.1) is 23.5 Å². The van der Waals surface area contributed by atoms with Crippen molar-refractivity contribution in [1.29, 1.82) is 0 Å². The van der Waals surface area contributed by atoms with Gasteiger partial charge in [0.2, 0.25) is 0 Å². The van der Waals surface area contributed by atoms with Gasteiger partial charge < -0.3 is 9.64 Å². The lowest BCUT2D eigenvalue weighted by Crippen LogP contribution is -2.54. The average molecular weight is 374 g/mol. The number of nitrogens with zero attached hydrogens (tertiary/aromatic N) is 1. The van der Waals surface area contributed by atoms with Gasteiger partial charge in [-0.25, -0.2) is 4.79 Å². The van der Waals surface area contributed by atoms with E-state index < -0.39 is 0 Å². The summed E-state index contributed by atoms with van der Waals surface area (Å²) in [6, 6.07) is 0.651. The van der Waals surface area contributed by atoms with Gasteiger partial charge in [-0.05, 0) is 33.1 Å². The molecule has 2 rings (SSSR count). The van der Waals surface area contributed by atoms with Crippen molar-refractivity contribution in [3.05, 3.63) is 0 Å². The molecular formula is C19H35NO2S2. The molecule has 1 spiro atoms. The van der Waals surface area contributed by atoms with Crippen LogP contribution in [0.4, 0.5) is 4.79 Å². The predicted octanol–water partition coefficient (Wildman–Crippen LogP) is 5.92. The van der Waals surface area contributed by atoms with Crippen LogP contribution in [0.2, 0.25) is 0 Å². The Balaban J connectivity index is 1.92. The van der Waals surface area contributed by atoms with Crippen molar-refractivity contribution >= 4 is 29.6 Å². The molecule has 2 heterocycles. The second-order valence-electron chi connectivity index (χ2n) is 7.18. The van der Waals surface area contributed by atoms with Crippen molar-refractivity contribution < 1.29 is 9.53 Å². The minimum atomic E-state index is -0.0937. The van der Waals surface area contributed by atoms with E-state index in [0.29, 0.717) is 22.8 Å². The third-order valence-electron chi connectivity index (χ3n) is 5.20. The van der Waals surface area contributed by atoms with Gasteiger partial charge in [-0.2, -0.15) is 0 Å². The highest BCUT2D eigenvalue weighted by molar-refractivity contribution is 8.21. The van der Waals surface area contributed by atoms with Crippen molar-refractivity contribution in [3.63, 3.8) is 0 Å². The van der Waals surface area contributed by atoms with Crippen LogP contribution in [-0.2, 0) is 4.74 Å². The molecule has 3 nitrogen and oxygen atoms in total. The van der Waals surface area contributed by atoms with Gasteiger partial charge in [-0.3, -0.25) is 0 Å². The van der Waals surface area contributed by atoms with E-state index in [1.807, 2.05) is 6.92 Å². The van der Waals surface area contributed by atoms with Gasteiger partial charge in [-0.1, -0.05) is 45.4 Å². The maximum Gasteiger partial charge on any atom is 0.410 e. The van der Waals surface area contributed by atoms with Gasteiger partial charge >= 0.3 is 6.09 Å². The summed E-state index contributed by atoms with van der Waals surface area (Å²) in [7, 11) is 0. The fourth-order valence-electron chi connectivity index (χ4n) is 4.11. The number of ether oxygens (including phenoxy) is 1. The topological polar surface area (TPSA) is 29.5 Å². The molecule has 0 aromatic heterocycles. The van der Waals surface area contributed by atoms with E-state index in [1.165, 1.54) is 50.0 Å². The first-order valence-corrected chi connectivity index (χ1v) is 11.8. The maximum absolute atomic E-state index is 12.5. The Labute approximate surface area is 157 Å². The van der Waals surface area contributed by atoms with Crippen LogP contribution >= 0.6 is 23.5 Å². The Morgan fingerprint density at radius 3 is 2.42 bits per heavy atom. The van der Waals surface area contributed by atoms with E-state index in [2.05, 4.69) is 42.3 Å². The molecule has 2 fully saturated rings. The summed E-state index contributed by atoms with van der Waals surface area (Å²) in [5.41, 5.74) is 0. The summed E-state index contributed by atoms with van der Waals surface area (Å²) in [5, 5.41) is 0. The molecule has 2 aliphatic rings. The predicted molar refractivity (Wildman–Crippen MR) is 107 cm³/mol. The fourth-order valence-corrected chi connectivity index (χ4v) is 7.69. The van der Waals surface area contributed by atoms with Crippen molar-refractivity contribution in [2.45, 2.75) is 94.7 Å². The molecule has 2 atom stereocenters. The number of hydrogen-bond acceptors (Lipinski definition) is 4. The molecule has 0 aromatic rings. The van der Waals surface area contributed by atoms with Crippen molar-refractivity contribution in [3.8, 4) is 0 Å². The summed E-state index contributed by atoms with van der Waals surface area (Å²) in [5.74, 6) is 2.53. The van der Waals surface area contributed by atoms with E-state index in [9.17, 15) is 4.79 Å². The minimum absolute atomic E-state index is 0.0937. The number of carbonyl (C=O) groups is 1. The van der Waals surface area contributed by atoms with E-state index in [4.69, 9.17) is 4.74 Å². The molecule has 0 radical (unpaired) electrons. The molecule has 0 aliphatic carbocycles. The van der Waals surface area contributed by atoms with E-state index in [-0.39, 0.29) is 6.09 Å². The number of piperidine rings is 1. The van der Waals surface area contributed by atoms with Crippen LogP contribution in [0, 0.1) is 0 Å². The normalized spacial score (nSPS) is 26.0. The number of carbonyl (C=O) groups excluding carboxylic acids is 1. The third kappa shape index (κ3) is 5.48. The van der Waals surface area contributed by atoms with Crippen LogP contribution in [0.1, 0.15) is 78.6 Å². The van der Waals surface area contributed by atoms with Crippen LogP contribution in [0.5, 0.6) is 0 Å². The van der Waals surface area contributed by atoms with Crippen LogP contribution in [-0.4, -0.2) is 45.3 Å². The van der Waals surface area contributed by atoms with Gasteiger partial charge in [0.1, 0.15) is 0 Å². The first kappa shape index (κ1) is 20.3. The quantitative estimate of drug-likeness (QED) is 0.494. The number of thioether (sulfide) groups is 2. The SMILES string of the molecule is CCCCCCCC[C@H]1CC2(C[C@H](C)N1C(=O)OCC)SCCS2. The largest absolute Gasteiger partial charge is 0.450 e. The van der Waals surface area contributed by atoms with Gasteiger partial charge in [0.25, 0.3) is 0 Å². The zero-order valence-electron chi connectivity index (χ0n) is 15.7. The minimum Gasteiger partial charge on any atom is -0.450 e. The maximum atomic E-state index is 12.5. The first-order chi connectivity index (χ1) is 11.6. The summed E-state index contributed by atoms with van der Waals surface area (Å²) in [4.78, 5) is 14.6. The second kappa shape index (κ2) is 10.2. The molecule has 1 amide bonds. The standard InChI is InChI=1S/C19H35NO2S2/c1-4-6-7-8-9-10-11-17-15-19(23-12-13-24-19)14-16(3)20(17)18(21)22-5-2/h16-17H,4-15H2,1-3H3/t16-,17-/m0/s1. The van der Waals surface area contributed by atoms with Crippen LogP contribution < -0.4 is 0 Å². The third-order valence-corrected chi connectivity index (χ3v) is 8.71. The van der Waals surface area contributed by atoms with Crippen LogP contribution in [0.15, 0.2) is 0 Å². The first-order valence-electron chi connectivity index (χ1n) is 9.85. The molecule has 0 aromatic carbocycles. The second-order valence-corrected chi connectivity index (χ2v) is 10.4. The number of hydrogen-bond donors (Lipinski definition) is 0. The molecule has 24 heavy (non-hydrogen) atoms. The summed E-state index contributed by atoms with van der Waals surface area (Å²) < 4.78 is 5.72. The highest BCUT2D eigenvalue weighted by atomic mass is 32.2. The summed E-state index contributed by atoms with van der Waals surface area (Å²) in [6.45, 7) is 6.85. The van der Waals surface area contributed by atoms with E-state index in [1.54, 1.807) is 0 Å². The molecule has 0 saturated carbocycles. The highest BCUT2D eigenvalue weighted by Crippen LogP contribution is 2.54. The number of rotatable bonds is 8. The van der Waals surface area contributed by atoms with Gasteiger partial charge in [0.15, 0.2) is 0 Å². The Morgan fingerprint density at radius 1 is 1.08 bits per heavy atom. The highest BCUT2D eigenvalue weighted by Gasteiger charge is 2.47. The lowest BCUT2D eigenvalue weighted by atomic mass is 9.92. The van der Waals surface area contributed by atoms with Crippen molar-refractivity contribution in [1.82, 2.24) is 4.90 Å². The monoisotopic (exact) mass is 373 g/mol. The Hall–Kier alpha value is -0.0300. The number of likely N-dealkylation sites (tertiary alicyclic amines) is 1. The molecular weight excluding hydrogens is 338 g/mol. The fraction of sp³-hybridized carbons (Fsp3) is 0.947. The van der Waals surface area contributed by atoms with Crippen LogP contribution in [0.25, 0.3) is 0 Å². The molecule has 0 unspecified atom stereocenters. The number of unbranched alkanes of at least 4 members (excludes halogenated alkanes) is 5. The van der Waals surface area contributed by atoms with Crippen molar-refractivity contribution in [2.24, 2.45) is 0 Å². The number of amides is 1. The zero-order valence-corrected chi connectivity index (χ0v) is 17.4. The molecule has 0 bridgehead atoms. The summed E-state index contributed by atoms with van der Waals surface area (Å²) in [6.07, 6.45) is 11.2. The Bertz CT molecular complexity index is 386. The summed E-state index contributed by atoms with van der Waals surface area (Å²) >= 11 is 4.27. The Kier molecular flexibility index (Phi) is 8.62. The van der Waals surface area contributed by atoms with Gasteiger partial charge in [0, 0.05) is 23.6 Å². The molecule has 0 N–H and O–H groups in total. The smallest absolute Gasteiger partial charge is 0.410 e. The zero-order chi connectivity index (χ0) is 17.4. The van der Waals surface area contributed by atoms with E-state index in [0.717, 1.165) is 19.3 Å². The molecule has 5 heteroatoms. The lowest BCUT2D eigenvalue weighted by Gasteiger charge is -2.47. The molecule has 2 saturated heterocycles. The molecule has 140 valence electrons. The van der Waals surface area contributed by atoms with Crippen LogP contribution in [0.3, 0.4) is 0 Å². The van der Waals surface area contributed by atoms with Gasteiger partial charge in [0.05, 0.1) is 10.7 Å². The average Bonchev–Trinajstić information content (AvgIpc) is 2.98. The lowest BCUT2D eigenvalue weighted by molar-refractivity contribution is 0.0492. The molecule has 2 aliphatic heterocycles.